The van der Waals surface area contributed by atoms with E-state index < -0.39 is 5.97 Å². The number of ether oxygens (including phenoxy) is 4. The van der Waals surface area contributed by atoms with E-state index in [9.17, 15) is 14.4 Å². The Morgan fingerprint density at radius 3 is 2.31 bits per heavy atom. The first-order valence-corrected chi connectivity index (χ1v) is 12.1. The van der Waals surface area contributed by atoms with Crippen LogP contribution in [0.5, 0.6) is 0 Å². The Labute approximate surface area is 192 Å². The van der Waals surface area contributed by atoms with Crippen molar-refractivity contribution in [2.75, 3.05) is 65.2 Å². The van der Waals surface area contributed by atoms with Gasteiger partial charge in [0.25, 0.3) is 0 Å². The molecular weight excluding hydrogens is 442 g/mol. The van der Waals surface area contributed by atoms with Crippen LogP contribution in [-0.2, 0) is 28.5 Å². The van der Waals surface area contributed by atoms with Crippen LogP contribution < -0.4 is 16.0 Å². The van der Waals surface area contributed by atoms with Crippen molar-refractivity contribution in [1.82, 2.24) is 16.0 Å². The van der Waals surface area contributed by atoms with Gasteiger partial charge >= 0.3 is 12.0 Å². The molecule has 1 unspecified atom stereocenters. The molecule has 0 aliphatic carbocycles. The highest BCUT2D eigenvalue weighted by Gasteiger charge is 2.42. The SMILES string of the molecule is O=C(O)COCCOCCOCCOCCNC(=O)CCCCC1SC[C@H]2NC(=O)N[C@@H]12. The normalized spacial score (nSPS) is 21.8. The van der Waals surface area contributed by atoms with Gasteiger partial charge in [-0.3, -0.25) is 4.79 Å². The van der Waals surface area contributed by atoms with Crippen LogP contribution in [0.25, 0.3) is 0 Å². The Kier molecular flexibility index (Phi) is 13.4. The van der Waals surface area contributed by atoms with Crippen molar-refractivity contribution in [2.45, 2.75) is 43.0 Å². The summed E-state index contributed by atoms with van der Waals surface area (Å²) >= 11 is 1.89. The number of hydrogen-bond acceptors (Lipinski definition) is 8. The van der Waals surface area contributed by atoms with E-state index in [1.807, 2.05) is 11.8 Å². The van der Waals surface area contributed by atoms with E-state index in [1.54, 1.807) is 0 Å². The predicted molar refractivity (Wildman–Crippen MR) is 118 cm³/mol. The summed E-state index contributed by atoms with van der Waals surface area (Å²) in [6, 6.07) is 0.404. The zero-order valence-corrected chi connectivity index (χ0v) is 19.2. The number of urea groups is 1. The number of carboxylic acids is 1. The van der Waals surface area contributed by atoms with E-state index in [0.717, 1.165) is 25.0 Å². The van der Waals surface area contributed by atoms with Gasteiger partial charge in [-0.15, -0.1) is 0 Å². The molecule has 0 spiro atoms. The van der Waals surface area contributed by atoms with E-state index in [2.05, 4.69) is 16.0 Å². The molecule has 12 heteroatoms. The van der Waals surface area contributed by atoms with Crippen LogP contribution in [0, 0.1) is 0 Å². The molecule has 3 atom stereocenters. The van der Waals surface area contributed by atoms with Gasteiger partial charge in [-0.25, -0.2) is 9.59 Å². The van der Waals surface area contributed by atoms with Crippen molar-refractivity contribution < 1.29 is 38.4 Å². The number of amides is 3. The third-order valence-corrected chi connectivity index (χ3v) is 6.50. The van der Waals surface area contributed by atoms with Crippen LogP contribution in [0.2, 0.25) is 0 Å². The van der Waals surface area contributed by atoms with Crippen LogP contribution in [0.4, 0.5) is 4.79 Å². The van der Waals surface area contributed by atoms with Crippen molar-refractivity contribution in [1.29, 1.82) is 0 Å². The molecular formula is C20H35N3O8S. The molecule has 2 aliphatic rings. The Bertz CT molecular complexity index is 583. The molecule has 184 valence electrons. The monoisotopic (exact) mass is 477 g/mol. The maximum atomic E-state index is 11.9. The molecule has 4 N–H and O–H groups in total. The van der Waals surface area contributed by atoms with E-state index in [0.29, 0.717) is 57.9 Å². The van der Waals surface area contributed by atoms with Gasteiger partial charge < -0.3 is 40.0 Å². The van der Waals surface area contributed by atoms with E-state index >= 15 is 0 Å². The number of thioether (sulfide) groups is 1. The van der Waals surface area contributed by atoms with E-state index in [1.165, 1.54) is 0 Å². The number of aliphatic carboxylic acids is 1. The Balaban J connectivity index is 1.29. The maximum absolute atomic E-state index is 11.9. The average Bonchev–Trinajstić information content (AvgIpc) is 3.30. The largest absolute Gasteiger partial charge is 0.480 e. The van der Waals surface area contributed by atoms with Crippen molar-refractivity contribution in [3.8, 4) is 0 Å². The predicted octanol–water partition coefficient (Wildman–Crippen LogP) is -0.0206. The van der Waals surface area contributed by atoms with Crippen molar-refractivity contribution in [2.24, 2.45) is 0 Å². The fraction of sp³-hybridized carbons (Fsp3) is 0.850. The molecule has 0 aromatic rings. The number of rotatable bonds is 19. The number of carbonyl (C=O) groups is 3. The Morgan fingerprint density at radius 2 is 1.62 bits per heavy atom. The number of nitrogens with one attached hydrogen (secondary N) is 3. The molecule has 0 bridgehead atoms. The molecule has 0 aromatic heterocycles. The fourth-order valence-electron chi connectivity index (χ4n) is 3.44. The van der Waals surface area contributed by atoms with Crippen molar-refractivity contribution in [3.63, 3.8) is 0 Å². The van der Waals surface area contributed by atoms with Crippen LogP contribution in [0.3, 0.4) is 0 Å². The first-order chi connectivity index (χ1) is 15.6. The topological polar surface area (TPSA) is 144 Å². The maximum Gasteiger partial charge on any atom is 0.329 e. The van der Waals surface area contributed by atoms with Gasteiger partial charge in [0.1, 0.15) is 6.61 Å². The number of hydrogen-bond donors (Lipinski definition) is 4. The molecule has 0 aromatic carbocycles. The van der Waals surface area contributed by atoms with Gasteiger partial charge in [-0.1, -0.05) is 6.42 Å². The molecule has 2 saturated heterocycles. The summed E-state index contributed by atoms with van der Waals surface area (Å²) in [7, 11) is 0. The highest BCUT2D eigenvalue weighted by molar-refractivity contribution is 8.00. The average molecular weight is 478 g/mol. The lowest BCUT2D eigenvalue weighted by Crippen LogP contribution is -2.36. The van der Waals surface area contributed by atoms with Gasteiger partial charge in [0, 0.05) is 24.0 Å². The fourth-order valence-corrected chi connectivity index (χ4v) is 4.99. The summed E-state index contributed by atoms with van der Waals surface area (Å²) in [6.45, 7) is 2.83. The van der Waals surface area contributed by atoms with Crippen LogP contribution in [0.1, 0.15) is 25.7 Å². The first kappa shape index (κ1) is 26.7. The standard InChI is InChI=1S/C20H35N3O8S/c24-17(4-2-1-3-16-19-15(14-32-16)22-20(27)23-19)21-5-6-28-7-8-29-9-10-30-11-12-31-13-18(25)26/h15-16,19H,1-14H2,(H,21,24)(H,25,26)(H2,22,23,27)/t15-,16?,19-/m1/s1. The lowest BCUT2D eigenvalue weighted by atomic mass is 10.0. The van der Waals surface area contributed by atoms with Gasteiger partial charge in [0.05, 0.1) is 58.3 Å². The van der Waals surface area contributed by atoms with Gasteiger partial charge in [0.2, 0.25) is 5.91 Å². The Hall–Kier alpha value is -1.60. The number of fused-ring (bicyclic) bond motifs is 1. The van der Waals surface area contributed by atoms with E-state index in [-0.39, 0.29) is 37.2 Å². The minimum atomic E-state index is -1.00. The number of carboxylic acid groups (broad SMARTS) is 1. The third kappa shape index (κ3) is 11.3. The summed E-state index contributed by atoms with van der Waals surface area (Å²) in [5.74, 6) is -0.0130. The zero-order chi connectivity index (χ0) is 23.0. The quantitative estimate of drug-likeness (QED) is 0.149. The minimum Gasteiger partial charge on any atom is -0.480 e. The Morgan fingerprint density at radius 1 is 0.969 bits per heavy atom. The molecule has 2 fully saturated rings. The summed E-state index contributed by atoms with van der Waals surface area (Å²) in [5, 5.41) is 17.6. The summed E-state index contributed by atoms with van der Waals surface area (Å²) in [4.78, 5) is 33.5. The summed E-state index contributed by atoms with van der Waals surface area (Å²) < 4.78 is 20.8. The number of unbranched alkanes of at least 4 members (excludes halogenated alkanes) is 1. The second kappa shape index (κ2) is 16.1. The lowest BCUT2D eigenvalue weighted by molar-refractivity contribution is -0.142. The molecule has 3 amide bonds. The lowest BCUT2D eigenvalue weighted by Gasteiger charge is -2.16. The number of carbonyl (C=O) groups excluding carboxylic acids is 2. The van der Waals surface area contributed by atoms with Gasteiger partial charge in [-0.2, -0.15) is 11.8 Å². The first-order valence-electron chi connectivity index (χ1n) is 11.0. The molecule has 2 heterocycles. The van der Waals surface area contributed by atoms with Crippen molar-refractivity contribution in [3.05, 3.63) is 0 Å². The molecule has 0 saturated carbocycles. The van der Waals surface area contributed by atoms with Crippen molar-refractivity contribution >= 4 is 29.7 Å². The van der Waals surface area contributed by atoms with Gasteiger partial charge in [0.15, 0.2) is 0 Å². The summed E-state index contributed by atoms with van der Waals surface area (Å²) in [5.41, 5.74) is 0. The molecule has 0 radical (unpaired) electrons. The highest BCUT2D eigenvalue weighted by atomic mass is 32.2. The zero-order valence-electron chi connectivity index (χ0n) is 18.3. The van der Waals surface area contributed by atoms with E-state index in [4.69, 9.17) is 24.1 Å². The smallest absolute Gasteiger partial charge is 0.329 e. The molecule has 11 nitrogen and oxygen atoms in total. The third-order valence-electron chi connectivity index (χ3n) is 4.99. The van der Waals surface area contributed by atoms with Crippen LogP contribution in [-0.4, -0.2) is 106 Å². The second-order valence-corrected chi connectivity index (χ2v) is 8.77. The second-order valence-electron chi connectivity index (χ2n) is 7.50. The molecule has 32 heavy (non-hydrogen) atoms. The van der Waals surface area contributed by atoms with Crippen LogP contribution >= 0.6 is 11.8 Å². The molecule has 2 rings (SSSR count). The van der Waals surface area contributed by atoms with Crippen LogP contribution in [0.15, 0.2) is 0 Å². The van der Waals surface area contributed by atoms with Gasteiger partial charge in [-0.05, 0) is 12.8 Å². The highest BCUT2D eigenvalue weighted by Crippen LogP contribution is 2.33. The minimum absolute atomic E-state index is 0.0297. The molecule has 2 aliphatic heterocycles. The summed E-state index contributed by atoms with van der Waals surface area (Å²) in [6.07, 6.45) is 3.31.